The predicted molar refractivity (Wildman–Crippen MR) is 104 cm³/mol. The maximum absolute atomic E-state index is 12.7. The highest BCUT2D eigenvalue weighted by Gasteiger charge is 2.38. The van der Waals surface area contributed by atoms with Crippen LogP contribution >= 0.6 is 0 Å². The molecule has 28 heavy (non-hydrogen) atoms. The first-order valence-corrected chi connectivity index (χ1v) is 9.42. The molecule has 146 valence electrons. The highest BCUT2D eigenvalue weighted by atomic mass is 16.5. The number of rotatable bonds is 9. The molecule has 0 aromatic heterocycles. The van der Waals surface area contributed by atoms with Crippen LogP contribution in [0.5, 0.6) is 0 Å². The van der Waals surface area contributed by atoms with Gasteiger partial charge in [0, 0.05) is 0 Å². The summed E-state index contributed by atoms with van der Waals surface area (Å²) in [4.78, 5) is 36.2. The average molecular weight is 380 g/mol. The molecule has 2 unspecified atom stereocenters. The third-order valence-corrected chi connectivity index (χ3v) is 4.65. The predicted octanol–water partition coefficient (Wildman–Crippen LogP) is 2.62. The Kier molecular flexibility index (Phi) is 6.78. The Labute approximate surface area is 164 Å². The summed E-state index contributed by atoms with van der Waals surface area (Å²) < 4.78 is 5.21. The molecule has 2 N–H and O–H groups in total. The maximum atomic E-state index is 12.7. The Morgan fingerprint density at radius 1 is 0.964 bits per heavy atom. The quantitative estimate of drug-likeness (QED) is 0.655. The van der Waals surface area contributed by atoms with Crippen molar-refractivity contribution < 1.29 is 19.1 Å². The van der Waals surface area contributed by atoms with E-state index in [2.05, 4.69) is 10.6 Å². The van der Waals surface area contributed by atoms with Gasteiger partial charge in [0.2, 0.25) is 5.91 Å². The Morgan fingerprint density at radius 2 is 1.57 bits per heavy atom. The molecule has 1 aliphatic rings. The van der Waals surface area contributed by atoms with Gasteiger partial charge in [-0.25, -0.2) is 4.79 Å². The number of carbonyl (C=O) groups excluding carboxylic acids is 3. The molecule has 6 heteroatoms. The first kappa shape index (κ1) is 19.6. The standard InChI is InChI=1S/C22H24N2O4/c25-14-19(13-16-7-3-1-4-8-16)23-21(26)20(18-11-12-18)24-22(27)28-15-17-9-5-2-6-10-17/h1-10,14,18-20H,11-13,15H2,(H,23,26)(H,24,27). The van der Waals surface area contributed by atoms with E-state index < -0.39 is 18.2 Å². The van der Waals surface area contributed by atoms with Crippen LogP contribution in [0.25, 0.3) is 0 Å². The van der Waals surface area contributed by atoms with Gasteiger partial charge in [0.05, 0.1) is 6.04 Å². The molecule has 3 rings (SSSR count). The van der Waals surface area contributed by atoms with Gasteiger partial charge in [-0.15, -0.1) is 0 Å². The van der Waals surface area contributed by atoms with Gasteiger partial charge in [-0.1, -0.05) is 60.7 Å². The molecular formula is C22H24N2O4. The average Bonchev–Trinajstić information content (AvgIpc) is 3.56. The van der Waals surface area contributed by atoms with Gasteiger partial charge in [0.15, 0.2) is 0 Å². The van der Waals surface area contributed by atoms with Crippen LogP contribution in [0.3, 0.4) is 0 Å². The summed E-state index contributed by atoms with van der Waals surface area (Å²) in [6, 6.07) is 17.5. The zero-order chi connectivity index (χ0) is 19.8. The van der Waals surface area contributed by atoms with Crippen LogP contribution in [0.4, 0.5) is 4.79 Å². The van der Waals surface area contributed by atoms with Crippen molar-refractivity contribution in [2.75, 3.05) is 0 Å². The van der Waals surface area contributed by atoms with E-state index in [0.717, 1.165) is 30.3 Å². The molecule has 1 aliphatic carbocycles. The number of aldehydes is 1. The zero-order valence-corrected chi connectivity index (χ0v) is 15.5. The zero-order valence-electron chi connectivity index (χ0n) is 15.5. The first-order chi connectivity index (χ1) is 13.7. The Bertz CT molecular complexity index is 791. The van der Waals surface area contributed by atoms with Crippen LogP contribution in [0.15, 0.2) is 60.7 Å². The molecule has 0 saturated heterocycles. The van der Waals surface area contributed by atoms with E-state index in [9.17, 15) is 14.4 Å². The number of nitrogens with one attached hydrogen (secondary N) is 2. The molecule has 2 aromatic carbocycles. The van der Waals surface area contributed by atoms with Crippen molar-refractivity contribution in [1.29, 1.82) is 0 Å². The van der Waals surface area contributed by atoms with Crippen LogP contribution in [0.2, 0.25) is 0 Å². The van der Waals surface area contributed by atoms with Gasteiger partial charge >= 0.3 is 6.09 Å². The molecule has 0 bridgehead atoms. The van der Waals surface area contributed by atoms with Crippen LogP contribution < -0.4 is 10.6 Å². The number of alkyl carbamates (subject to hydrolysis) is 1. The fourth-order valence-electron chi connectivity index (χ4n) is 2.99. The second-order valence-electron chi connectivity index (χ2n) is 6.96. The van der Waals surface area contributed by atoms with Gasteiger partial charge in [0.25, 0.3) is 0 Å². The number of hydrogen-bond donors (Lipinski definition) is 2. The lowest BCUT2D eigenvalue weighted by molar-refractivity contribution is -0.126. The fraction of sp³-hybridized carbons (Fsp3) is 0.318. The van der Waals surface area contributed by atoms with E-state index in [0.29, 0.717) is 6.42 Å². The molecule has 6 nitrogen and oxygen atoms in total. The summed E-state index contributed by atoms with van der Waals surface area (Å²) >= 11 is 0. The van der Waals surface area contributed by atoms with E-state index in [1.807, 2.05) is 60.7 Å². The third-order valence-electron chi connectivity index (χ3n) is 4.65. The first-order valence-electron chi connectivity index (χ1n) is 9.42. The van der Waals surface area contributed by atoms with Gasteiger partial charge in [-0.2, -0.15) is 0 Å². The number of ether oxygens (including phenoxy) is 1. The van der Waals surface area contributed by atoms with Crippen molar-refractivity contribution in [2.24, 2.45) is 5.92 Å². The summed E-state index contributed by atoms with van der Waals surface area (Å²) in [7, 11) is 0. The summed E-state index contributed by atoms with van der Waals surface area (Å²) in [5, 5.41) is 5.39. The number of carbonyl (C=O) groups is 3. The SMILES string of the molecule is O=CC(Cc1ccccc1)NC(=O)C(NC(=O)OCc1ccccc1)C1CC1. The summed E-state index contributed by atoms with van der Waals surface area (Å²) in [5.74, 6) is -0.277. The fourth-order valence-corrected chi connectivity index (χ4v) is 2.99. The van der Waals surface area contributed by atoms with Crippen molar-refractivity contribution in [3.05, 3.63) is 71.8 Å². The Hall–Kier alpha value is -3.15. The summed E-state index contributed by atoms with van der Waals surface area (Å²) in [6.45, 7) is 0.136. The molecule has 0 aliphatic heterocycles. The second kappa shape index (κ2) is 9.69. The second-order valence-corrected chi connectivity index (χ2v) is 6.96. The highest BCUT2D eigenvalue weighted by Crippen LogP contribution is 2.32. The van der Waals surface area contributed by atoms with Gasteiger partial charge < -0.3 is 20.2 Å². The van der Waals surface area contributed by atoms with Crippen LogP contribution in [0, 0.1) is 5.92 Å². The lowest BCUT2D eigenvalue weighted by atomic mass is 10.1. The van der Waals surface area contributed by atoms with E-state index >= 15 is 0 Å². The van der Waals surface area contributed by atoms with Gasteiger partial charge in [-0.05, 0) is 36.3 Å². The lowest BCUT2D eigenvalue weighted by Gasteiger charge is -2.20. The lowest BCUT2D eigenvalue weighted by Crippen LogP contribution is -2.51. The third kappa shape index (κ3) is 5.94. The number of amides is 2. The summed E-state index contributed by atoms with van der Waals surface area (Å²) in [6.07, 6.45) is 2.22. The van der Waals surface area contributed by atoms with Crippen molar-refractivity contribution in [2.45, 2.75) is 38.0 Å². The van der Waals surface area contributed by atoms with Crippen molar-refractivity contribution >= 4 is 18.3 Å². The molecule has 1 fully saturated rings. The Morgan fingerprint density at radius 3 is 2.14 bits per heavy atom. The molecule has 0 radical (unpaired) electrons. The maximum Gasteiger partial charge on any atom is 0.408 e. The van der Waals surface area contributed by atoms with E-state index in [4.69, 9.17) is 4.74 Å². The molecule has 2 amide bonds. The number of benzene rings is 2. The molecule has 1 saturated carbocycles. The minimum absolute atomic E-state index is 0.0771. The smallest absolute Gasteiger partial charge is 0.408 e. The molecule has 0 heterocycles. The van der Waals surface area contributed by atoms with E-state index in [-0.39, 0.29) is 18.4 Å². The van der Waals surface area contributed by atoms with Crippen molar-refractivity contribution in [3.63, 3.8) is 0 Å². The Balaban J connectivity index is 1.53. The van der Waals surface area contributed by atoms with E-state index in [1.54, 1.807) is 0 Å². The van der Waals surface area contributed by atoms with Gasteiger partial charge in [0.1, 0.15) is 18.9 Å². The molecular weight excluding hydrogens is 356 g/mol. The largest absolute Gasteiger partial charge is 0.445 e. The van der Waals surface area contributed by atoms with Crippen LogP contribution in [-0.2, 0) is 27.4 Å². The minimum atomic E-state index is -0.693. The minimum Gasteiger partial charge on any atom is -0.445 e. The molecule has 0 spiro atoms. The van der Waals surface area contributed by atoms with Gasteiger partial charge in [-0.3, -0.25) is 4.79 Å². The highest BCUT2D eigenvalue weighted by molar-refractivity contribution is 5.88. The van der Waals surface area contributed by atoms with Crippen molar-refractivity contribution in [3.8, 4) is 0 Å². The van der Waals surface area contributed by atoms with Crippen LogP contribution in [0.1, 0.15) is 24.0 Å². The van der Waals surface area contributed by atoms with Crippen molar-refractivity contribution in [1.82, 2.24) is 10.6 Å². The normalized spacial score (nSPS) is 15.1. The van der Waals surface area contributed by atoms with E-state index in [1.165, 1.54) is 0 Å². The molecule has 2 atom stereocenters. The topological polar surface area (TPSA) is 84.5 Å². The summed E-state index contributed by atoms with van der Waals surface area (Å²) in [5.41, 5.74) is 1.83. The monoisotopic (exact) mass is 380 g/mol. The molecule has 2 aromatic rings. The number of hydrogen-bond acceptors (Lipinski definition) is 4. The van der Waals surface area contributed by atoms with Crippen LogP contribution in [-0.4, -0.2) is 30.4 Å².